The van der Waals surface area contributed by atoms with Crippen LogP contribution in [0.25, 0.3) is 44.8 Å². The van der Waals surface area contributed by atoms with Crippen molar-refractivity contribution in [1.82, 2.24) is 0 Å². The van der Waals surface area contributed by atoms with Gasteiger partial charge in [0.15, 0.2) is 0 Å². The minimum Gasteiger partial charge on any atom is -0.308 e. The molecule has 13 rings (SSSR count). The lowest BCUT2D eigenvalue weighted by atomic mass is 9.76. The summed E-state index contributed by atoms with van der Waals surface area (Å²) in [7, 11) is 0. The maximum absolute atomic E-state index is 2.53. The minimum atomic E-state index is 0.0533. The Morgan fingerprint density at radius 1 is 0.393 bits per heavy atom. The van der Waals surface area contributed by atoms with Gasteiger partial charge >= 0.3 is 0 Å². The molecule has 0 atom stereocenters. The topological polar surface area (TPSA) is 6.48 Å². The van der Waals surface area contributed by atoms with Crippen molar-refractivity contribution < 1.29 is 0 Å². The number of benzene rings is 9. The molecule has 2 aliphatic heterocycles. The number of para-hydroxylation sites is 4. The lowest BCUT2D eigenvalue weighted by Crippen LogP contribution is -2.21. The van der Waals surface area contributed by atoms with Crippen LogP contribution in [-0.2, 0) is 5.41 Å². The molecule has 0 N–H and O–H groups in total. The first-order valence-corrected chi connectivity index (χ1v) is 23.1. The van der Waals surface area contributed by atoms with Crippen molar-refractivity contribution >= 4 is 91.3 Å². The second kappa shape index (κ2) is 13.8. The van der Waals surface area contributed by atoms with Crippen molar-refractivity contribution in [3.05, 3.63) is 204 Å². The van der Waals surface area contributed by atoms with Crippen LogP contribution < -0.4 is 9.80 Å². The second-order valence-corrected chi connectivity index (χ2v) is 19.0. The van der Waals surface area contributed by atoms with Crippen molar-refractivity contribution in [2.45, 2.75) is 50.7 Å². The smallest absolute Gasteiger partial charge is 0.0601 e. The Kier molecular flexibility index (Phi) is 7.98. The molecule has 290 valence electrons. The number of hydrogen-bond donors (Lipinski definition) is 0. The zero-order valence-electron chi connectivity index (χ0n) is 33.5. The van der Waals surface area contributed by atoms with E-state index in [2.05, 4.69) is 204 Å². The zero-order valence-corrected chi connectivity index (χ0v) is 35.1. The van der Waals surface area contributed by atoms with E-state index < -0.39 is 0 Å². The molecule has 1 saturated carbocycles. The maximum atomic E-state index is 2.53. The highest BCUT2D eigenvalue weighted by Crippen LogP contribution is 2.59. The van der Waals surface area contributed by atoms with Crippen LogP contribution >= 0.6 is 23.5 Å². The van der Waals surface area contributed by atoms with Crippen molar-refractivity contribution in [3.63, 3.8) is 0 Å². The van der Waals surface area contributed by atoms with E-state index in [-0.39, 0.29) is 5.41 Å². The van der Waals surface area contributed by atoms with Crippen molar-refractivity contribution in [3.8, 4) is 11.1 Å². The zero-order chi connectivity index (χ0) is 40.1. The fourth-order valence-corrected chi connectivity index (χ4v) is 12.9. The highest BCUT2D eigenvalue weighted by molar-refractivity contribution is 8.00. The molecule has 0 amide bonds. The molecule has 0 unspecified atom stereocenters. The van der Waals surface area contributed by atoms with Gasteiger partial charge in [-0.1, -0.05) is 152 Å². The maximum Gasteiger partial charge on any atom is 0.0601 e. The highest BCUT2D eigenvalue weighted by Gasteiger charge is 2.45. The van der Waals surface area contributed by atoms with E-state index in [0.29, 0.717) is 0 Å². The molecule has 2 heterocycles. The molecule has 0 radical (unpaired) electrons. The number of fused-ring (bicyclic) bond motifs is 12. The quantitative estimate of drug-likeness (QED) is 0.129. The molecular formula is C57H40N2S2. The van der Waals surface area contributed by atoms with Gasteiger partial charge in [-0.15, -0.1) is 0 Å². The van der Waals surface area contributed by atoms with E-state index >= 15 is 0 Å². The third-order valence-electron chi connectivity index (χ3n) is 13.5. The Morgan fingerprint density at radius 2 is 0.820 bits per heavy atom. The number of hydrogen-bond acceptors (Lipinski definition) is 4. The summed E-state index contributed by atoms with van der Waals surface area (Å²) in [6.45, 7) is 0. The third-order valence-corrected chi connectivity index (χ3v) is 15.8. The largest absolute Gasteiger partial charge is 0.308 e. The summed E-state index contributed by atoms with van der Waals surface area (Å²) in [4.78, 5) is 10.1. The molecule has 2 nitrogen and oxygen atoms in total. The van der Waals surface area contributed by atoms with E-state index in [0.717, 1.165) is 0 Å². The Bertz CT molecular complexity index is 3210. The van der Waals surface area contributed by atoms with Crippen molar-refractivity contribution in [2.24, 2.45) is 0 Å². The molecular weight excluding hydrogens is 777 g/mol. The van der Waals surface area contributed by atoms with Gasteiger partial charge in [0.2, 0.25) is 0 Å². The van der Waals surface area contributed by atoms with Gasteiger partial charge < -0.3 is 9.80 Å². The summed E-state index contributed by atoms with van der Waals surface area (Å²) in [5, 5.41) is 5.07. The molecule has 9 aromatic rings. The first kappa shape index (κ1) is 35.3. The Labute approximate surface area is 365 Å². The summed E-state index contributed by atoms with van der Waals surface area (Å²) in [5.74, 6) is 0. The average Bonchev–Trinajstić information content (AvgIpc) is 3.92. The lowest BCUT2D eigenvalue weighted by Gasteiger charge is -2.34. The van der Waals surface area contributed by atoms with Crippen LogP contribution in [0.5, 0.6) is 0 Å². The average molecular weight is 817 g/mol. The second-order valence-electron chi connectivity index (χ2n) is 16.9. The Hall–Kier alpha value is -6.46. The molecule has 0 aromatic heterocycles. The van der Waals surface area contributed by atoms with Crippen LogP contribution in [0.2, 0.25) is 0 Å². The molecule has 9 aromatic carbocycles. The Morgan fingerprint density at radius 3 is 1.39 bits per heavy atom. The first-order chi connectivity index (χ1) is 30.2. The molecule has 2 aliphatic carbocycles. The van der Waals surface area contributed by atoms with Crippen LogP contribution in [0.1, 0.15) is 47.9 Å². The van der Waals surface area contributed by atoms with E-state index in [1.165, 1.54) is 134 Å². The summed E-state index contributed by atoms with van der Waals surface area (Å²) < 4.78 is 0. The standard InChI is InChI=1S/C57H40N2S2/c1-5-15-53-49(11-1)58(50-12-2-6-16-54(50)60-53)41-25-29-44-40(35-41)24-23-39-33-37(21-27-43(39)44)19-20-38-22-28-45-46-30-26-42(36-48(46)57(47(45)34-38)31-9-10-32-57)59-51-13-3-7-17-55(51)61-56-18-8-4-14-52(56)59/h1-8,11-30,33-36H,9-10,31-32H2. The van der Waals surface area contributed by atoms with E-state index in [1.54, 1.807) is 0 Å². The summed E-state index contributed by atoms with van der Waals surface area (Å²) in [6.07, 6.45) is 9.54. The van der Waals surface area contributed by atoms with E-state index in [4.69, 9.17) is 0 Å². The molecule has 0 saturated heterocycles. The molecule has 1 fully saturated rings. The van der Waals surface area contributed by atoms with Gasteiger partial charge in [-0.25, -0.2) is 0 Å². The van der Waals surface area contributed by atoms with Crippen LogP contribution in [0.4, 0.5) is 34.1 Å². The summed E-state index contributed by atoms with van der Waals surface area (Å²) in [6, 6.07) is 68.1. The predicted octanol–water partition coefficient (Wildman–Crippen LogP) is 16.9. The van der Waals surface area contributed by atoms with Crippen LogP contribution in [0.3, 0.4) is 0 Å². The van der Waals surface area contributed by atoms with E-state index in [1.807, 2.05) is 23.5 Å². The monoisotopic (exact) mass is 816 g/mol. The van der Waals surface area contributed by atoms with Crippen molar-refractivity contribution in [1.29, 1.82) is 0 Å². The number of rotatable bonds is 4. The van der Waals surface area contributed by atoms with Gasteiger partial charge in [-0.05, 0) is 147 Å². The van der Waals surface area contributed by atoms with Crippen molar-refractivity contribution in [2.75, 3.05) is 9.80 Å². The minimum absolute atomic E-state index is 0.0533. The van der Waals surface area contributed by atoms with Gasteiger partial charge in [0.1, 0.15) is 0 Å². The molecule has 4 heteroatoms. The van der Waals surface area contributed by atoms with Crippen LogP contribution in [0.15, 0.2) is 202 Å². The van der Waals surface area contributed by atoms with E-state index in [9.17, 15) is 0 Å². The van der Waals surface area contributed by atoms with Gasteiger partial charge in [0, 0.05) is 36.4 Å². The highest BCUT2D eigenvalue weighted by atomic mass is 32.2. The first-order valence-electron chi connectivity index (χ1n) is 21.4. The fraction of sp³-hybridized carbons (Fsp3) is 0.0877. The lowest BCUT2D eigenvalue weighted by molar-refractivity contribution is 0.550. The number of nitrogens with zero attached hydrogens (tertiary/aromatic N) is 2. The molecule has 1 spiro atoms. The molecule has 61 heavy (non-hydrogen) atoms. The SMILES string of the molecule is C(=Cc1ccc2c(ccc3cc(N4c5ccccc5Sc5ccccc54)ccc32)c1)c1ccc2c(c1)C1(CCCC1)c1cc(N3c4ccccc4Sc4ccccc43)ccc1-2. The Balaban J connectivity index is 0.820. The summed E-state index contributed by atoms with van der Waals surface area (Å²) in [5.41, 5.74) is 15.8. The summed E-state index contributed by atoms with van der Waals surface area (Å²) >= 11 is 3.72. The number of anilines is 6. The van der Waals surface area contributed by atoms with Gasteiger partial charge in [0.25, 0.3) is 0 Å². The van der Waals surface area contributed by atoms with Gasteiger partial charge in [-0.3, -0.25) is 0 Å². The van der Waals surface area contributed by atoms with Gasteiger partial charge in [-0.2, -0.15) is 0 Å². The normalized spacial score (nSPS) is 15.5. The van der Waals surface area contributed by atoms with Gasteiger partial charge in [0.05, 0.1) is 22.7 Å². The third kappa shape index (κ3) is 5.52. The van der Waals surface area contributed by atoms with Crippen LogP contribution in [0, 0.1) is 0 Å². The fourth-order valence-electron chi connectivity index (χ4n) is 10.7. The molecule has 4 aliphatic rings. The molecule has 0 bridgehead atoms. The predicted molar refractivity (Wildman–Crippen MR) is 259 cm³/mol. The van der Waals surface area contributed by atoms with Crippen LogP contribution in [-0.4, -0.2) is 0 Å².